The quantitative estimate of drug-likeness (QED) is 0.612. The van der Waals surface area contributed by atoms with Crippen LogP contribution in [0.5, 0.6) is 5.75 Å². The van der Waals surface area contributed by atoms with Gasteiger partial charge in [0.15, 0.2) is 0 Å². The van der Waals surface area contributed by atoms with Gasteiger partial charge in [-0.1, -0.05) is 17.3 Å². The van der Waals surface area contributed by atoms with Crippen molar-refractivity contribution in [2.24, 2.45) is 5.16 Å². The molecule has 2 rings (SSSR count). The zero-order chi connectivity index (χ0) is 9.10. The van der Waals surface area contributed by atoms with Crippen molar-refractivity contribution in [1.29, 1.82) is 0 Å². The zero-order valence-electron chi connectivity index (χ0n) is 7.36. The molecule has 67 valence electrons. The van der Waals surface area contributed by atoms with Crippen LogP contribution in [0.3, 0.4) is 0 Å². The Morgan fingerprint density at radius 2 is 2.23 bits per heavy atom. The number of benzene rings is 1. The number of fused-ring (bicyclic) bond motifs is 1. The molecule has 0 spiro atoms. The normalized spacial score (nSPS) is 17.8. The summed E-state index contributed by atoms with van der Waals surface area (Å²) in [6.45, 7) is 1.72. The highest BCUT2D eigenvalue weighted by Crippen LogP contribution is 2.25. The van der Waals surface area contributed by atoms with Crippen molar-refractivity contribution in [2.75, 3.05) is 7.11 Å². The zero-order valence-corrected chi connectivity index (χ0v) is 7.36. The Labute approximate surface area is 77.0 Å². The molecule has 1 heterocycles. The second-order valence-corrected chi connectivity index (χ2v) is 2.71. The third-order valence-electron chi connectivity index (χ3n) is 1.89. The van der Waals surface area contributed by atoms with Gasteiger partial charge in [-0.05, 0) is 12.1 Å². The van der Waals surface area contributed by atoms with Crippen LogP contribution in [-0.2, 0) is 4.84 Å². The standard InChI is InChI=1S/C10H10NO2/c1-12-11-9-6-7-13-10-5-3-2-4-8(9)10/h2-5,7H,6H2,1H3. The van der Waals surface area contributed by atoms with Crippen LogP contribution in [0.1, 0.15) is 12.0 Å². The van der Waals surface area contributed by atoms with Crippen molar-refractivity contribution in [3.05, 3.63) is 36.4 Å². The summed E-state index contributed by atoms with van der Waals surface area (Å²) in [5.74, 6) is 0.838. The summed E-state index contributed by atoms with van der Waals surface area (Å²) in [7, 11) is 1.55. The predicted octanol–water partition coefficient (Wildman–Crippen LogP) is 1.98. The summed E-state index contributed by atoms with van der Waals surface area (Å²) in [5.41, 5.74) is 1.91. The van der Waals surface area contributed by atoms with Crippen LogP contribution >= 0.6 is 0 Å². The lowest BCUT2D eigenvalue weighted by molar-refractivity contribution is 0.212. The summed E-state index contributed by atoms with van der Waals surface area (Å²) in [5, 5.41) is 3.93. The number of rotatable bonds is 1. The monoisotopic (exact) mass is 176 g/mol. The molecule has 1 aromatic carbocycles. The maximum absolute atomic E-state index is 5.34. The van der Waals surface area contributed by atoms with Crippen LogP contribution in [0.15, 0.2) is 29.4 Å². The lowest BCUT2D eigenvalue weighted by atomic mass is 10.0. The van der Waals surface area contributed by atoms with E-state index >= 15 is 0 Å². The Hall–Kier alpha value is -1.51. The fourth-order valence-electron chi connectivity index (χ4n) is 1.32. The van der Waals surface area contributed by atoms with Crippen molar-refractivity contribution < 1.29 is 9.57 Å². The molecule has 3 heteroatoms. The third-order valence-corrected chi connectivity index (χ3v) is 1.89. The smallest absolute Gasteiger partial charge is 0.141 e. The van der Waals surface area contributed by atoms with E-state index in [1.165, 1.54) is 0 Å². The average Bonchev–Trinajstić information content (AvgIpc) is 2.19. The Morgan fingerprint density at radius 1 is 1.38 bits per heavy atom. The van der Waals surface area contributed by atoms with Gasteiger partial charge in [0.05, 0.1) is 5.71 Å². The minimum absolute atomic E-state index is 0.685. The number of oxime groups is 1. The minimum Gasteiger partial charge on any atom is -0.485 e. The van der Waals surface area contributed by atoms with Crippen LogP contribution in [0.2, 0.25) is 0 Å². The Kier molecular flexibility index (Phi) is 2.17. The predicted molar refractivity (Wildman–Crippen MR) is 49.5 cm³/mol. The van der Waals surface area contributed by atoms with Gasteiger partial charge < -0.3 is 9.57 Å². The van der Waals surface area contributed by atoms with E-state index in [1.807, 2.05) is 24.3 Å². The van der Waals surface area contributed by atoms with Crippen LogP contribution < -0.4 is 4.74 Å². The van der Waals surface area contributed by atoms with E-state index in [2.05, 4.69) is 5.16 Å². The molecular formula is C10H10NO2. The van der Waals surface area contributed by atoms with E-state index in [1.54, 1.807) is 13.7 Å². The lowest BCUT2D eigenvalue weighted by Crippen LogP contribution is -2.12. The SMILES string of the molecule is CON=C1C[CH]Oc2ccccc21. The number of para-hydroxylation sites is 1. The Morgan fingerprint density at radius 3 is 3.08 bits per heavy atom. The summed E-state index contributed by atoms with van der Waals surface area (Å²) in [4.78, 5) is 4.75. The molecule has 0 fully saturated rings. The molecule has 0 aromatic heterocycles. The van der Waals surface area contributed by atoms with Gasteiger partial charge in [0.2, 0.25) is 0 Å². The summed E-state index contributed by atoms with van der Waals surface area (Å²) in [6, 6.07) is 7.78. The Balaban J connectivity index is 2.42. The fourth-order valence-corrected chi connectivity index (χ4v) is 1.32. The number of nitrogens with zero attached hydrogens (tertiary/aromatic N) is 1. The summed E-state index contributed by atoms with van der Waals surface area (Å²) >= 11 is 0. The van der Waals surface area contributed by atoms with Gasteiger partial charge in [0.1, 0.15) is 19.5 Å². The molecular weight excluding hydrogens is 166 g/mol. The van der Waals surface area contributed by atoms with E-state index < -0.39 is 0 Å². The van der Waals surface area contributed by atoms with Gasteiger partial charge in [-0.3, -0.25) is 0 Å². The van der Waals surface area contributed by atoms with Gasteiger partial charge in [-0.15, -0.1) is 0 Å². The molecule has 0 atom stereocenters. The molecule has 0 unspecified atom stereocenters. The second-order valence-electron chi connectivity index (χ2n) is 2.71. The number of hydrogen-bond donors (Lipinski definition) is 0. The van der Waals surface area contributed by atoms with Gasteiger partial charge in [-0.25, -0.2) is 0 Å². The first-order chi connectivity index (χ1) is 6.42. The van der Waals surface area contributed by atoms with E-state index in [-0.39, 0.29) is 0 Å². The van der Waals surface area contributed by atoms with Gasteiger partial charge in [0.25, 0.3) is 0 Å². The largest absolute Gasteiger partial charge is 0.485 e. The molecule has 1 aliphatic heterocycles. The van der Waals surface area contributed by atoms with Crippen LogP contribution in [-0.4, -0.2) is 12.8 Å². The molecule has 1 aromatic rings. The molecule has 0 aliphatic carbocycles. The summed E-state index contributed by atoms with van der Waals surface area (Å²) < 4.78 is 5.34. The topological polar surface area (TPSA) is 30.8 Å². The highest BCUT2D eigenvalue weighted by Gasteiger charge is 2.16. The van der Waals surface area contributed by atoms with Gasteiger partial charge in [-0.2, -0.15) is 0 Å². The molecule has 0 saturated heterocycles. The van der Waals surface area contributed by atoms with Crippen molar-refractivity contribution in [2.45, 2.75) is 6.42 Å². The average molecular weight is 176 g/mol. The molecule has 0 N–H and O–H groups in total. The minimum atomic E-state index is 0.685. The molecule has 1 aliphatic rings. The first-order valence-corrected chi connectivity index (χ1v) is 4.09. The number of ether oxygens (including phenoxy) is 1. The highest BCUT2D eigenvalue weighted by molar-refractivity contribution is 6.03. The molecule has 0 bridgehead atoms. The van der Waals surface area contributed by atoms with Crippen LogP contribution in [0.4, 0.5) is 0 Å². The number of hydrogen-bond acceptors (Lipinski definition) is 3. The molecule has 0 amide bonds. The van der Waals surface area contributed by atoms with E-state index in [0.29, 0.717) is 6.42 Å². The second kappa shape index (κ2) is 3.47. The Bertz CT molecular complexity index is 333. The lowest BCUT2D eigenvalue weighted by Gasteiger charge is -2.16. The van der Waals surface area contributed by atoms with Crippen LogP contribution in [0.25, 0.3) is 0 Å². The highest BCUT2D eigenvalue weighted by atomic mass is 16.6. The summed E-state index contributed by atoms with van der Waals surface area (Å²) in [6.07, 6.45) is 0.685. The fraction of sp³-hybridized carbons (Fsp3) is 0.200. The molecule has 13 heavy (non-hydrogen) atoms. The first kappa shape index (κ1) is 8.10. The van der Waals surface area contributed by atoms with Gasteiger partial charge in [0, 0.05) is 12.0 Å². The van der Waals surface area contributed by atoms with E-state index in [4.69, 9.17) is 9.57 Å². The van der Waals surface area contributed by atoms with Crippen molar-refractivity contribution >= 4 is 5.71 Å². The maximum atomic E-state index is 5.34. The van der Waals surface area contributed by atoms with Crippen molar-refractivity contribution in [1.82, 2.24) is 0 Å². The third kappa shape index (κ3) is 1.49. The van der Waals surface area contributed by atoms with Crippen LogP contribution in [0, 0.1) is 6.61 Å². The van der Waals surface area contributed by atoms with Gasteiger partial charge >= 0.3 is 0 Å². The molecule has 1 radical (unpaired) electrons. The van der Waals surface area contributed by atoms with E-state index in [0.717, 1.165) is 17.0 Å². The molecule has 0 saturated carbocycles. The van der Waals surface area contributed by atoms with E-state index in [9.17, 15) is 0 Å². The first-order valence-electron chi connectivity index (χ1n) is 4.09. The van der Waals surface area contributed by atoms with Crippen molar-refractivity contribution in [3.8, 4) is 5.75 Å². The maximum Gasteiger partial charge on any atom is 0.141 e. The van der Waals surface area contributed by atoms with Crippen molar-refractivity contribution in [3.63, 3.8) is 0 Å². The molecule has 3 nitrogen and oxygen atoms in total.